The van der Waals surface area contributed by atoms with Gasteiger partial charge in [-0.2, -0.15) is 0 Å². The quantitative estimate of drug-likeness (QED) is 0.607. The molecule has 1 heterocycles. The van der Waals surface area contributed by atoms with Crippen molar-refractivity contribution in [3.8, 4) is 5.75 Å². The van der Waals surface area contributed by atoms with Crippen LogP contribution in [0, 0.1) is 0 Å². The van der Waals surface area contributed by atoms with Crippen molar-refractivity contribution in [3.05, 3.63) is 59.6 Å². The summed E-state index contributed by atoms with van der Waals surface area (Å²) < 4.78 is 5.65. The van der Waals surface area contributed by atoms with Gasteiger partial charge in [0.15, 0.2) is 0 Å². The van der Waals surface area contributed by atoms with Gasteiger partial charge in [0.05, 0.1) is 11.4 Å². The highest BCUT2D eigenvalue weighted by Crippen LogP contribution is 2.23. The lowest BCUT2D eigenvalue weighted by Gasteiger charge is -2.12. The Labute approximate surface area is 145 Å². The molecule has 3 aromatic rings. The molecule has 1 N–H and O–H groups in total. The van der Waals surface area contributed by atoms with Crippen LogP contribution in [0.25, 0.3) is 10.9 Å². The minimum atomic E-state index is -0.00976. The van der Waals surface area contributed by atoms with E-state index in [4.69, 9.17) is 27.9 Å². The molecule has 0 spiro atoms. The molecule has 0 bridgehead atoms. The van der Waals surface area contributed by atoms with Gasteiger partial charge in [-0.1, -0.05) is 11.6 Å². The normalized spacial score (nSPS) is 12.1. The van der Waals surface area contributed by atoms with Gasteiger partial charge in [-0.05, 0) is 61.5 Å². The van der Waals surface area contributed by atoms with Gasteiger partial charge in [-0.15, -0.1) is 11.6 Å². The van der Waals surface area contributed by atoms with Gasteiger partial charge < -0.3 is 10.1 Å². The maximum Gasteiger partial charge on any atom is 0.131 e. The zero-order valence-electron chi connectivity index (χ0n) is 12.6. The van der Waals surface area contributed by atoms with Crippen LogP contribution in [0.3, 0.4) is 0 Å². The fourth-order valence-electron chi connectivity index (χ4n) is 2.19. The molecule has 0 amide bonds. The summed E-state index contributed by atoms with van der Waals surface area (Å²) >= 11 is 11.7. The van der Waals surface area contributed by atoms with Crippen LogP contribution in [0.1, 0.15) is 6.92 Å². The third-order valence-electron chi connectivity index (χ3n) is 3.33. The van der Waals surface area contributed by atoms with E-state index in [1.165, 1.54) is 0 Å². The molecule has 0 aliphatic heterocycles. The highest BCUT2D eigenvalue weighted by Gasteiger charge is 2.03. The molecule has 0 aliphatic carbocycles. The fraction of sp³-hybridized carbons (Fsp3) is 0.167. The van der Waals surface area contributed by atoms with Gasteiger partial charge in [0.2, 0.25) is 0 Å². The van der Waals surface area contributed by atoms with Crippen molar-refractivity contribution in [2.45, 2.75) is 13.0 Å². The topological polar surface area (TPSA) is 34.1 Å². The molecule has 23 heavy (non-hydrogen) atoms. The van der Waals surface area contributed by atoms with Crippen LogP contribution in [0.2, 0.25) is 5.02 Å². The first kappa shape index (κ1) is 15.9. The lowest BCUT2D eigenvalue weighted by Crippen LogP contribution is -2.12. The number of alkyl halides is 1. The zero-order valence-corrected chi connectivity index (χ0v) is 14.1. The standard InChI is InChI=1S/C18H16Cl2N2O/c1-12(11-19)23-16-6-4-15(5-7-16)21-18-9-2-13-10-14(20)3-8-17(13)22-18/h2-10,12H,11H2,1H3,(H,21,22). The number of hydrogen-bond acceptors (Lipinski definition) is 3. The van der Waals surface area contributed by atoms with Gasteiger partial charge >= 0.3 is 0 Å². The molecule has 0 fully saturated rings. The van der Waals surface area contributed by atoms with Gasteiger partial charge in [0.1, 0.15) is 17.7 Å². The highest BCUT2D eigenvalue weighted by atomic mass is 35.5. The Morgan fingerprint density at radius 3 is 2.61 bits per heavy atom. The molecule has 3 rings (SSSR count). The summed E-state index contributed by atoms with van der Waals surface area (Å²) in [7, 11) is 0. The average Bonchev–Trinajstić information content (AvgIpc) is 2.56. The van der Waals surface area contributed by atoms with Crippen LogP contribution in [0.4, 0.5) is 11.5 Å². The Kier molecular flexibility index (Phi) is 4.89. The van der Waals surface area contributed by atoms with Crippen molar-refractivity contribution in [3.63, 3.8) is 0 Å². The number of aromatic nitrogens is 1. The summed E-state index contributed by atoms with van der Waals surface area (Å²) in [5.41, 5.74) is 1.84. The molecule has 0 saturated carbocycles. The van der Waals surface area contributed by atoms with E-state index >= 15 is 0 Å². The van der Waals surface area contributed by atoms with Crippen molar-refractivity contribution in [2.24, 2.45) is 0 Å². The number of hydrogen-bond donors (Lipinski definition) is 1. The van der Waals surface area contributed by atoms with E-state index < -0.39 is 0 Å². The number of ether oxygens (including phenoxy) is 1. The highest BCUT2D eigenvalue weighted by molar-refractivity contribution is 6.31. The molecule has 0 saturated heterocycles. The second kappa shape index (κ2) is 7.07. The Bertz CT molecular complexity index is 806. The van der Waals surface area contributed by atoms with Gasteiger partial charge in [-0.3, -0.25) is 0 Å². The van der Waals surface area contributed by atoms with Gasteiger partial charge in [0, 0.05) is 16.1 Å². The van der Waals surface area contributed by atoms with Crippen LogP contribution in [0.5, 0.6) is 5.75 Å². The van der Waals surface area contributed by atoms with Crippen molar-refractivity contribution >= 4 is 45.6 Å². The van der Waals surface area contributed by atoms with E-state index in [2.05, 4.69) is 10.3 Å². The van der Waals surface area contributed by atoms with Gasteiger partial charge in [0.25, 0.3) is 0 Å². The molecule has 1 atom stereocenters. The zero-order chi connectivity index (χ0) is 16.2. The van der Waals surface area contributed by atoms with Crippen LogP contribution < -0.4 is 10.1 Å². The molecule has 1 aromatic heterocycles. The first-order valence-electron chi connectivity index (χ1n) is 7.30. The number of halogens is 2. The minimum absolute atomic E-state index is 0.00976. The smallest absolute Gasteiger partial charge is 0.131 e. The average molecular weight is 347 g/mol. The molecular formula is C18H16Cl2N2O. The van der Waals surface area contributed by atoms with E-state index in [9.17, 15) is 0 Å². The van der Waals surface area contributed by atoms with Crippen molar-refractivity contribution < 1.29 is 4.74 Å². The van der Waals surface area contributed by atoms with E-state index in [0.29, 0.717) is 10.9 Å². The lowest BCUT2D eigenvalue weighted by molar-refractivity contribution is 0.245. The van der Waals surface area contributed by atoms with Crippen LogP contribution in [-0.4, -0.2) is 17.0 Å². The predicted molar refractivity (Wildman–Crippen MR) is 97.3 cm³/mol. The number of rotatable bonds is 5. The van der Waals surface area contributed by atoms with E-state index in [-0.39, 0.29) is 6.10 Å². The van der Waals surface area contributed by atoms with E-state index in [0.717, 1.165) is 28.2 Å². The third kappa shape index (κ3) is 4.06. The number of nitrogens with one attached hydrogen (secondary N) is 1. The molecule has 5 heteroatoms. The molecule has 2 aromatic carbocycles. The van der Waals surface area contributed by atoms with Crippen LogP contribution in [-0.2, 0) is 0 Å². The monoisotopic (exact) mass is 346 g/mol. The van der Waals surface area contributed by atoms with Crippen LogP contribution >= 0.6 is 23.2 Å². The number of benzene rings is 2. The predicted octanol–water partition coefficient (Wildman–Crippen LogP) is 5.64. The summed E-state index contributed by atoms with van der Waals surface area (Å²) in [6, 6.07) is 17.3. The first-order valence-corrected chi connectivity index (χ1v) is 8.21. The third-order valence-corrected chi connectivity index (χ3v) is 4.00. The Morgan fingerprint density at radius 1 is 1.09 bits per heavy atom. The van der Waals surface area contributed by atoms with E-state index in [1.807, 2.05) is 61.5 Å². The number of pyridine rings is 1. The van der Waals surface area contributed by atoms with Crippen molar-refractivity contribution in [1.29, 1.82) is 0 Å². The summed E-state index contributed by atoms with van der Waals surface area (Å²) in [6.07, 6.45) is -0.00976. The number of nitrogens with zero attached hydrogens (tertiary/aromatic N) is 1. The Balaban J connectivity index is 1.75. The largest absolute Gasteiger partial charge is 0.489 e. The van der Waals surface area contributed by atoms with Crippen molar-refractivity contribution in [2.75, 3.05) is 11.2 Å². The maximum absolute atomic E-state index is 5.99. The summed E-state index contributed by atoms with van der Waals surface area (Å²) in [4.78, 5) is 4.58. The second-order valence-electron chi connectivity index (χ2n) is 5.27. The number of fused-ring (bicyclic) bond motifs is 1. The van der Waals surface area contributed by atoms with Crippen molar-refractivity contribution in [1.82, 2.24) is 4.98 Å². The van der Waals surface area contributed by atoms with E-state index in [1.54, 1.807) is 0 Å². The molecule has 3 nitrogen and oxygen atoms in total. The fourth-order valence-corrected chi connectivity index (χ4v) is 2.44. The Hall–Kier alpha value is -1.97. The second-order valence-corrected chi connectivity index (χ2v) is 6.01. The lowest BCUT2D eigenvalue weighted by atomic mass is 10.2. The number of anilines is 2. The maximum atomic E-state index is 5.99. The molecule has 1 unspecified atom stereocenters. The summed E-state index contributed by atoms with van der Waals surface area (Å²) in [6.45, 7) is 1.93. The Morgan fingerprint density at radius 2 is 1.87 bits per heavy atom. The molecule has 118 valence electrons. The molecule has 0 radical (unpaired) electrons. The summed E-state index contributed by atoms with van der Waals surface area (Å²) in [5, 5.41) is 5.01. The first-order chi connectivity index (χ1) is 11.1. The summed E-state index contributed by atoms with van der Waals surface area (Å²) in [5.74, 6) is 2.04. The minimum Gasteiger partial charge on any atom is -0.489 e. The molecule has 0 aliphatic rings. The van der Waals surface area contributed by atoms with Gasteiger partial charge in [-0.25, -0.2) is 4.98 Å². The SMILES string of the molecule is CC(CCl)Oc1ccc(Nc2ccc3cc(Cl)ccc3n2)cc1. The van der Waals surface area contributed by atoms with Crippen LogP contribution in [0.15, 0.2) is 54.6 Å². The molecular weight excluding hydrogens is 331 g/mol.